The fourth-order valence-corrected chi connectivity index (χ4v) is 6.09. The molecule has 0 aromatic heterocycles. The number of hydrogen-bond donors (Lipinski definition) is 1. The predicted octanol–water partition coefficient (Wildman–Crippen LogP) is 4.96. The maximum atomic E-state index is 13.2. The van der Waals surface area contributed by atoms with Crippen LogP contribution >= 0.6 is 11.8 Å². The number of nitrogens with zero attached hydrogens (tertiary/aromatic N) is 2. The van der Waals surface area contributed by atoms with Crippen molar-refractivity contribution in [1.82, 2.24) is 15.1 Å². The van der Waals surface area contributed by atoms with E-state index in [2.05, 4.69) is 34.5 Å². The van der Waals surface area contributed by atoms with E-state index in [0.29, 0.717) is 17.4 Å². The van der Waals surface area contributed by atoms with Crippen molar-refractivity contribution in [3.63, 3.8) is 0 Å². The number of amides is 2. The number of carbonyl (C=O) groups excluding carboxylic acids is 2. The Hall–Kier alpha value is -2.31. The Morgan fingerprint density at radius 2 is 1.71 bits per heavy atom. The van der Waals surface area contributed by atoms with Gasteiger partial charge in [-0.3, -0.25) is 14.5 Å². The van der Waals surface area contributed by atoms with Crippen LogP contribution in [0.15, 0.2) is 59.5 Å². The molecular formula is C28H37N3O2S. The monoisotopic (exact) mass is 479 g/mol. The molecule has 1 aliphatic heterocycles. The molecule has 1 heterocycles. The Morgan fingerprint density at radius 3 is 2.50 bits per heavy atom. The van der Waals surface area contributed by atoms with Crippen LogP contribution in [-0.4, -0.2) is 59.6 Å². The fraction of sp³-hybridized carbons (Fsp3) is 0.500. The average molecular weight is 480 g/mol. The van der Waals surface area contributed by atoms with E-state index in [1.165, 1.54) is 36.6 Å². The smallest absolute Gasteiger partial charge is 0.252 e. The quantitative estimate of drug-likeness (QED) is 0.544. The molecule has 182 valence electrons. The van der Waals surface area contributed by atoms with E-state index in [-0.39, 0.29) is 17.9 Å². The molecule has 1 N–H and O–H groups in total. The van der Waals surface area contributed by atoms with E-state index in [9.17, 15) is 9.59 Å². The Kier molecular flexibility index (Phi) is 9.05. The highest BCUT2D eigenvalue weighted by Gasteiger charge is 2.24. The van der Waals surface area contributed by atoms with Crippen LogP contribution in [0.2, 0.25) is 0 Å². The van der Waals surface area contributed by atoms with Gasteiger partial charge in [0.25, 0.3) is 5.91 Å². The van der Waals surface area contributed by atoms with Gasteiger partial charge in [-0.1, -0.05) is 61.7 Å². The average Bonchev–Trinajstić information content (AvgIpc) is 2.88. The summed E-state index contributed by atoms with van der Waals surface area (Å²) >= 11 is 1.48. The number of thioether (sulfide) groups is 1. The normalized spacial score (nSPS) is 19.5. The molecule has 1 unspecified atom stereocenters. The van der Waals surface area contributed by atoms with Gasteiger partial charge >= 0.3 is 0 Å². The molecule has 34 heavy (non-hydrogen) atoms. The van der Waals surface area contributed by atoms with E-state index >= 15 is 0 Å². The van der Waals surface area contributed by atoms with E-state index in [0.717, 1.165) is 50.2 Å². The molecule has 2 aliphatic rings. The molecule has 4 rings (SSSR count). The van der Waals surface area contributed by atoms with Crippen molar-refractivity contribution < 1.29 is 9.59 Å². The van der Waals surface area contributed by atoms with Gasteiger partial charge in [0.15, 0.2) is 0 Å². The zero-order chi connectivity index (χ0) is 23.8. The maximum Gasteiger partial charge on any atom is 0.252 e. The predicted molar refractivity (Wildman–Crippen MR) is 139 cm³/mol. The third kappa shape index (κ3) is 6.86. The van der Waals surface area contributed by atoms with Crippen LogP contribution in [-0.2, 0) is 11.3 Å². The van der Waals surface area contributed by atoms with Gasteiger partial charge in [-0.15, -0.1) is 11.8 Å². The first-order valence-electron chi connectivity index (χ1n) is 12.6. The zero-order valence-corrected chi connectivity index (χ0v) is 21.1. The molecule has 1 atom stereocenters. The van der Waals surface area contributed by atoms with Gasteiger partial charge in [-0.05, 0) is 49.9 Å². The minimum Gasteiger partial charge on any atom is -0.348 e. The van der Waals surface area contributed by atoms with Crippen LogP contribution in [0.4, 0.5) is 0 Å². The molecule has 0 radical (unpaired) electrons. The number of rotatable bonds is 8. The molecule has 2 aromatic carbocycles. The number of carbonyl (C=O) groups is 2. The van der Waals surface area contributed by atoms with Gasteiger partial charge in [0.05, 0.1) is 11.3 Å². The molecule has 1 saturated carbocycles. The van der Waals surface area contributed by atoms with Crippen molar-refractivity contribution in [1.29, 1.82) is 0 Å². The Labute approximate surface area is 208 Å². The Balaban J connectivity index is 1.31. The van der Waals surface area contributed by atoms with Gasteiger partial charge in [0, 0.05) is 37.1 Å². The number of likely N-dealkylation sites (tertiary alicyclic amines) is 1. The first kappa shape index (κ1) is 24.8. The van der Waals surface area contributed by atoms with Crippen molar-refractivity contribution in [2.24, 2.45) is 0 Å². The van der Waals surface area contributed by atoms with Crippen molar-refractivity contribution in [2.75, 3.05) is 25.9 Å². The zero-order valence-electron chi connectivity index (χ0n) is 20.2. The van der Waals surface area contributed by atoms with E-state index in [1.54, 1.807) is 0 Å². The summed E-state index contributed by atoms with van der Waals surface area (Å²) < 4.78 is 0. The summed E-state index contributed by atoms with van der Waals surface area (Å²) in [4.78, 5) is 31.2. The molecule has 6 heteroatoms. The second-order valence-electron chi connectivity index (χ2n) is 9.61. The molecule has 0 bridgehead atoms. The summed E-state index contributed by atoms with van der Waals surface area (Å²) in [5.74, 6) is 0.477. The van der Waals surface area contributed by atoms with Crippen molar-refractivity contribution >= 4 is 23.6 Å². The molecule has 2 fully saturated rings. The highest BCUT2D eigenvalue weighted by molar-refractivity contribution is 8.00. The first-order chi connectivity index (χ1) is 16.6. The highest BCUT2D eigenvalue weighted by Crippen LogP contribution is 2.26. The van der Waals surface area contributed by atoms with Crippen molar-refractivity contribution in [3.05, 3.63) is 65.7 Å². The van der Waals surface area contributed by atoms with Crippen LogP contribution < -0.4 is 5.32 Å². The lowest BCUT2D eigenvalue weighted by atomic mass is 9.94. The summed E-state index contributed by atoms with van der Waals surface area (Å²) in [6.45, 7) is 2.83. The van der Waals surface area contributed by atoms with Gasteiger partial charge in [0.1, 0.15) is 0 Å². The topological polar surface area (TPSA) is 52.7 Å². The van der Waals surface area contributed by atoms with Gasteiger partial charge in [-0.2, -0.15) is 0 Å². The lowest BCUT2D eigenvalue weighted by Crippen LogP contribution is -2.47. The SMILES string of the molecule is CN(C(=O)CSc1ccccc1C(=O)NC1CCCN(Cc2ccccc2)C1)C1CCCCC1. The van der Waals surface area contributed by atoms with Crippen LogP contribution in [0.25, 0.3) is 0 Å². The molecular weight excluding hydrogens is 442 g/mol. The van der Waals surface area contributed by atoms with Crippen LogP contribution in [0.5, 0.6) is 0 Å². The summed E-state index contributed by atoms with van der Waals surface area (Å²) in [6.07, 6.45) is 7.99. The molecule has 1 aliphatic carbocycles. The van der Waals surface area contributed by atoms with E-state index < -0.39 is 0 Å². The minimum atomic E-state index is -0.0391. The standard InChI is InChI=1S/C28H37N3O2S/c1-30(24-14-6-3-7-15-24)27(32)21-34-26-17-9-8-16-25(26)28(33)29-23-13-10-18-31(20-23)19-22-11-4-2-5-12-22/h2,4-5,8-9,11-12,16-17,23-24H,3,6-7,10,13-15,18-21H2,1H3,(H,29,33). The Morgan fingerprint density at radius 1 is 0.971 bits per heavy atom. The van der Waals surface area contributed by atoms with Gasteiger partial charge in [0.2, 0.25) is 5.91 Å². The highest BCUT2D eigenvalue weighted by atomic mass is 32.2. The van der Waals surface area contributed by atoms with Crippen LogP contribution in [0.3, 0.4) is 0 Å². The number of benzene rings is 2. The van der Waals surface area contributed by atoms with Gasteiger partial charge in [-0.25, -0.2) is 0 Å². The van der Waals surface area contributed by atoms with E-state index in [1.807, 2.05) is 42.3 Å². The second kappa shape index (κ2) is 12.4. The third-order valence-corrected chi connectivity index (χ3v) is 8.15. The maximum absolute atomic E-state index is 13.2. The fourth-order valence-electron chi connectivity index (χ4n) is 5.12. The largest absolute Gasteiger partial charge is 0.348 e. The molecule has 5 nitrogen and oxygen atoms in total. The van der Waals surface area contributed by atoms with Crippen LogP contribution in [0, 0.1) is 0 Å². The van der Waals surface area contributed by atoms with Crippen LogP contribution in [0.1, 0.15) is 60.9 Å². The molecule has 0 spiro atoms. The second-order valence-corrected chi connectivity index (χ2v) is 10.6. The number of piperidine rings is 1. The summed E-state index contributed by atoms with van der Waals surface area (Å²) in [6, 6.07) is 18.7. The van der Waals surface area contributed by atoms with E-state index in [4.69, 9.17) is 0 Å². The number of nitrogens with one attached hydrogen (secondary N) is 1. The van der Waals surface area contributed by atoms with Gasteiger partial charge < -0.3 is 10.2 Å². The third-order valence-electron chi connectivity index (χ3n) is 7.09. The van der Waals surface area contributed by atoms with Crippen molar-refractivity contribution in [3.8, 4) is 0 Å². The summed E-state index contributed by atoms with van der Waals surface area (Å²) in [5.41, 5.74) is 1.97. The van der Waals surface area contributed by atoms with Crippen molar-refractivity contribution in [2.45, 2.75) is 68.5 Å². The molecule has 1 saturated heterocycles. The first-order valence-corrected chi connectivity index (χ1v) is 13.6. The molecule has 2 amide bonds. The lowest BCUT2D eigenvalue weighted by Gasteiger charge is -2.33. The lowest BCUT2D eigenvalue weighted by molar-refractivity contribution is -0.129. The summed E-state index contributed by atoms with van der Waals surface area (Å²) in [5, 5.41) is 3.26. The molecule has 2 aromatic rings. The number of hydrogen-bond acceptors (Lipinski definition) is 4. The summed E-state index contributed by atoms with van der Waals surface area (Å²) in [7, 11) is 1.93. The Bertz CT molecular complexity index is 946. The minimum absolute atomic E-state index is 0.0391.